The fraction of sp³-hybridized carbons (Fsp3) is 0.300. The van der Waals surface area contributed by atoms with E-state index in [1.54, 1.807) is 30.3 Å². The molecule has 1 aliphatic heterocycles. The summed E-state index contributed by atoms with van der Waals surface area (Å²) in [5.74, 6) is -0.376. The number of nitrogens with zero attached hydrogens (tertiary/aromatic N) is 1. The van der Waals surface area contributed by atoms with Gasteiger partial charge in [-0.25, -0.2) is 4.79 Å². The highest BCUT2D eigenvalue weighted by atomic mass is 35.5. The molecule has 0 aliphatic carbocycles. The van der Waals surface area contributed by atoms with Crippen molar-refractivity contribution in [3.8, 4) is 11.5 Å². The molecule has 1 fully saturated rings. The number of hydrogen-bond donors (Lipinski definition) is 1. The second kappa shape index (κ2) is 8.31. The first-order valence-electron chi connectivity index (χ1n) is 8.58. The molecule has 7 heteroatoms. The number of amides is 1. The molecule has 142 valence electrons. The van der Waals surface area contributed by atoms with E-state index in [0.717, 1.165) is 5.56 Å². The summed E-state index contributed by atoms with van der Waals surface area (Å²) in [6.45, 7) is 0.765. The summed E-state index contributed by atoms with van der Waals surface area (Å²) in [5.41, 5.74) is 1.32. The maximum atomic E-state index is 12.7. The van der Waals surface area contributed by atoms with Gasteiger partial charge in [0.1, 0.15) is 12.6 Å². The molecule has 1 saturated heterocycles. The number of aliphatic carboxylic acids is 1. The first kappa shape index (κ1) is 19.0. The van der Waals surface area contributed by atoms with E-state index in [0.29, 0.717) is 48.1 Å². The summed E-state index contributed by atoms with van der Waals surface area (Å²) >= 11 is 5.87. The van der Waals surface area contributed by atoms with Crippen molar-refractivity contribution in [2.24, 2.45) is 0 Å². The largest absolute Gasteiger partial charge is 0.493 e. The van der Waals surface area contributed by atoms with Crippen LogP contribution in [0.15, 0.2) is 42.5 Å². The van der Waals surface area contributed by atoms with E-state index in [-0.39, 0.29) is 5.91 Å². The summed E-state index contributed by atoms with van der Waals surface area (Å²) in [5, 5.41) is 9.93. The highest BCUT2D eigenvalue weighted by Gasteiger charge is 2.34. The predicted molar refractivity (Wildman–Crippen MR) is 100 cm³/mol. The van der Waals surface area contributed by atoms with Crippen LogP contribution in [0.1, 0.15) is 28.8 Å². The van der Waals surface area contributed by atoms with Crippen molar-refractivity contribution in [2.75, 3.05) is 13.7 Å². The van der Waals surface area contributed by atoms with Crippen LogP contribution in [0.4, 0.5) is 0 Å². The molecule has 0 unspecified atom stereocenters. The maximum Gasteiger partial charge on any atom is 0.326 e. The van der Waals surface area contributed by atoms with E-state index < -0.39 is 12.0 Å². The first-order chi connectivity index (χ1) is 13.0. The van der Waals surface area contributed by atoms with Crippen LogP contribution < -0.4 is 9.47 Å². The normalized spacial score (nSPS) is 16.2. The highest BCUT2D eigenvalue weighted by Crippen LogP contribution is 2.30. The number of ether oxygens (including phenoxy) is 2. The smallest absolute Gasteiger partial charge is 0.326 e. The van der Waals surface area contributed by atoms with Gasteiger partial charge < -0.3 is 19.5 Å². The minimum absolute atomic E-state index is 0.317. The number of carbonyl (C=O) groups excluding carboxylic acids is 1. The lowest BCUT2D eigenvalue weighted by Gasteiger charge is -2.22. The Labute approximate surface area is 162 Å². The van der Waals surface area contributed by atoms with Gasteiger partial charge in [-0.3, -0.25) is 4.79 Å². The quantitative estimate of drug-likeness (QED) is 0.816. The van der Waals surface area contributed by atoms with Crippen LogP contribution >= 0.6 is 11.6 Å². The molecule has 27 heavy (non-hydrogen) atoms. The molecular weight excluding hydrogens is 370 g/mol. The van der Waals surface area contributed by atoms with E-state index in [9.17, 15) is 14.7 Å². The Morgan fingerprint density at radius 2 is 1.93 bits per heavy atom. The Balaban J connectivity index is 1.74. The van der Waals surface area contributed by atoms with Gasteiger partial charge >= 0.3 is 5.97 Å². The van der Waals surface area contributed by atoms with Gasteiger partial charge in [0, 0.05) is 17.1 Å². The number of likely N-dealkylation sites (tertiary alicyclic amines) is 1. The zero-order valence-electron chi connectivity index (χ0n) is 14.9. The Hall–Kier alpha value is -2.73. The molecule has 1 atom stereocenters. The van der Waals surface area contributed by atoms with Crippen LogP contribution in [-0.2, 0) is 11.4 Å². The second-order valence-corrected chi connectivity index (χ2v) is 6.71. The number of carbonyl (C=O) groups is 2. The summed E-state index contributed by atoms with van der Waals surface area (Å²) in [7, 11) is 1.49. The molecule has 3 rings (SSSR count). The van der Waals surface area contributed by atoms with Crippen LogP contribution in [0.5, 0.6) is 11.5 Å². The molecule has 1 N–H and O–H groups in total. The van der Waals surface area contributed by atoms with E-state index in [2.05, 4.69) is 0 Å². The lowest BCUT2D eigenvalue weighted by Crippen LogP contribution is -2.40. The van der Waals surface area contributed by atoms with Crippen molar-refractivity contribution in [3.63, 3.8) is 0 Å². The Bertz CT molecular complexity index is 837. The zero-order chi connectivity index (χ0) is 19.4. The third-order valence-corrected chi connectivity index (χ3v) is 4.77. The fourth-order valence-electron chi connectivity index (χ4n) is 3.09. The van der Waals surface area contributed by atoms with Crippen molar-refractivity contribution >= 4 is 23.5 Å². The van der Waals surface area contributed by atoms with E-state index in [1.165, 1.54) is 12.0 Å². The fourth-order valence-corrected chi connectivity index (χ4v) is 3.22. The van der Waals surface area contributed by atoms with E-state index in [4.69, 9.17) is 21.1 Å². The number of methoxy groups -OCH3 is 1. The molecule has 2 aromatic rings. The summed E-state index contributed by atoms with van der Waals surface area (Å²) < 4.78 is 11.1. The monoisotopic (exact) mass is 389 g/mol. The predicted octanol–water partition coefficient (Wildman–Crippen LogP) is 3.62. The number of carboxylic acids is 1. The molecule has 1 heterocycles. The molecule has 0 bridgehead atoms. The minimum atomic E-state index is -0.976. The van der Waals surface area contributed by atoms with Crippen molar-refractivity contribution in [3.05, 3.63) is 58.6 Å². The summed E-state index contributed by atoms with van der Waals surface area (Å²) in [4.78, 5) is 25.4. The van der Waals surface area contributed by atoms with Crippen molar-refractivity contribution < 1.29 is 24.2 Å². The number of rotatable bonds is 6. The molecule has 0 radical (unpaired) electrons. The molecular formula is C20H20ClNO5. The van der Waals surface area contributed by atoms with Gasteiger partial charge in [0.2, 0.25) is 0 Å². The van der Waals surface area contributed by atoms with Gasteiger partial charge in [-0.2, -0.15) is 0 Å². The van der Waals surface area contributed by atoms with Gasteiger partial charge in [0.05, 0.1) is 7.11 Å². The van der Waals surface area contributed by atoms with Gasteiger partial charge in [0.15, 0.2) is 11.5 Å². The Morgan fingerprint density at radius 3 is 2.59 bits per heavy atom. The van der Waals surface area contributed by atoms with E-state index in [1.807, 2.05) is 12.1 Å². The van der Waals surface area contributed by atoms with E-state index >= 15 is 0 Å². The van der Waals surface area contributed by atoms with Crippen LogP contribution in [0, 0.1) is 0 Å². The maximum absolute atomic E-state index is 12.7. The average Bonchev–Trinajstić information content (AvgIpc) is 3.17. The number of hydrogen-bond acceptors (Lipinski definition) is 4. The zero-order valence-corrected chi connectivity index (χ0v) is 15.6. The SMILES string of the molecule is COc1cc(C(=O)N2CCC[C@H]2C(=O)O)ccc1OCc1ccc(Cl)cc1. The van der Waals surface area contributed by atoms with Gasteiger partial charge in [0.25, 0.3) is 5.91 Å². The molecule has 2 aromatic carbocycles. The van der Waals surface area contributed by atoms with Crippen LogP contribution in [-0.4, -0.2) is 41.6 Å². The van der Waals surface area contributed by atoms with Crippen molar-refractivity contribution in [1.29, 1.82) is 0 Å². The van der Waals surface area contributed by atoms with Crippen molar-refractivity contribution in [1.82, 2.24) is 4.90 Å². The Morgan fingerprint density at radius 1 is 1.19 bits per heavy atom. The van der Waals surface area contributed by atoms with Gasteiger partial charge in [-0.05, 0) is 48.7 Å². The van der Waals surface area contributed by atoms with Crippen LogP contribution in [0.2, 0.25) is 5.02 Å². The second-order valence-electron chi connectivity index (χ2n) is 6.28. The molecule has 0 saturated carbocycles. The minimum Gasteiger partial charge on any atom is -0.493 e. The topological polar surface area (TPSA) is 76.1 Å². The van der Waals surface area contributed by atoms with Crippen LogP contribution in [0.3, 0.4) is 0 Å². The highest BCUT2D eigenvalue weighted by molar-refractivity contribution is 6.30. The average molecular weight is 390 g/mol. The molecule has 0 spiro atoms. The third kappa shape index (κ3) is 4.34. The number of halogens is 1. The standard InChI is InChI=1S/C20H20ClNO5/c1-26-18-11-14(19(23)22-10-2-3-16(22)20(24)25)6-9-17(18)27-12-13-4-7-15(21)8-5-13/h4-9,11,16H,2-3,10,12H2,1H3,(H,24,25)/t16-/m0/s1. The number of benzene rings is 2. The Kier molecular flexibility index (Phi) is 5.86. The first-order valence-corrected chi connectivity index (χ1v) is 8.96. The molecule has 1 aliphatic rings. The van der Waals surface area contributed by atoms with Gasteiger partial charge in [-0.15, -0.1) is 0 Å². The summed E-state index contributed by atoms with van der Waals surface area (Å²) in [6, 6.07) is 11.4. The lowest BCUT2D eigenvalue weighted by atomic mass is 10.1. The lowest BCUT2D eigenvalue weighted by molar-refractivity contribution is -0.141. The third-order valence-electron chi connectivity index (χ3n) is 4.52. The molecule has 6 nitrogen and oxygen atoms in total. The van der Waals surface area contributed by atoms with Crippen molar-refractivity contribution in [2.45, 2.75) is 25.5 Å². The summed E-state index contributed by atoms with van der Waals surface area (Å²) in [6.07, 6.45) is 1.16. The van der Waals surface area contributed by atoms with Crippen LogP contribution in [0.25, 0.3) is 0 Å². The molecule has 1 amide bonds. The number of carboxylic acid groups (broad SMARTS) is 1. The van der Waals surface area contributed by atoms with Gasteiger partial charge in [-0.1, -0.05) is 23.7 Å². The molecule has 0 aromatic heterocycles.